The lowest BCUT2D eigenvalue weighted by atomic mass is 9.90. The highest BCUT2D eigenvalue weighted by atomic mass is 16.1. The van der Waals surface area contributed by atoms with E-state index < -0.39 is 0 Å². The van der Waals surface area contributed by atoms with Crippen LogP contribution in [0.15, 0.2) is 17.2 Å². The van der Waals surface area contributed by atoms with Crippen LogP contribution in [0.2, 0.25) is 0 Å². The van der Waals surface area contributed by atoms with E-state index in [-0.39, 0.29) is 5.56 Å². The van der Waals surface area contributed by atoms with Crippen molar-refractivity contribution < 1.29 is 0 Å². The molecule has 0 saturated carbocycles. The van der Waals surface area contributed by atoms with Crippen LogP contribution in [0, 0.1) is 5.92 Å². The van der Waals surface area contributed by atoms with Gasteiger partial charge in [0.15, 0.2) is 5.82 Å². The van der Waals surface area contributed by atoms with E-state index in [1.807, 2.05) is 7.05 Å². The number of nitrogens with one attached hydrogen (secondary N) is 2. The van der Waals surface area contributed by atoms with Crippen molar-refractivity contribution in [1.29, 1.82) is 0 Å². The van der Waals surface area contributed by atoms with Crippen LogP contribution in [0.1, 0.15) is 19.8 Å². The molecule has 1 fully saturated rings. The second-order valence-corrected chi connectivity index (χ2v) is 4.64. The van der Waals surface area contributed by atoms with Gasteiger partial charge >= 0.3 is 0 Å². The first-order chi connectivity index (χ1) is 8.22. The third kappa shape index (κ3) is 2.66. The molecule has 5 heteroatoms. The van der Waals surface area contributed by atoms with Crippen LogP contribution in [0.3, 0.4) is 0 Å². The predicted octanol–water partition coefficient (Wildman–Crippen LogP) is 0.594. The van der Waals surface area contributed by atoms with Gasteiger partial charge in [0, 0.05) is 31.5 Å². The highest BCUT2D eigenvalue weighted by molar-refractivity contribution is 5.35. The standard InChI is InChI=1S/C12H20N4O/c1-9(13-2)10-3-7-16(8-4-10)11-12(17)15-6-5-14-11/h5-6,9-10,13H,3-4,7-8H2,1-2H3,(H,15,17). The number of hydrogen-bond donors (Lipinski definition) is 2. The van der Waals surface area contributed by atoms with E-state index in [0.717, 1.165) is 25.9 Å². The first-order valence-corrected chi connectivity index (χ1v) is 6.18. The van der Waals surface area contributed by atoms with Crippen molar-refractivity contribution in [3.05, 3.63) is 22.7 Å². The zero-order chi connectivity index (χ0) is 12.3. The molecule has 5 nitrogen and oxygen atoms in total. The zero-order valence-electron chi connectivity index (χ0n) is 10.4. The summed E-state index contributed by atoms with van der Waals surface area (Å²) in [6.45, 7) is 4.04. The number of nitrogens with zero attached hydrogens (tertiary/aromatic N) is 2. The summed E-state index contributed by atoms with van der Waals surface area (Å²) >= 11 is 0. The average molecular weight is 236 g/mol. The molecule has 94 valence electrons. The van der Waals surface area contributed by atoms with Gasteiger partial charge in [-0.25, -0.2) is 4.98 Å². The fourth-order valence-corrected chi connectivity index (χ4v) is 2.42. The average Bonchev–Trinajstić information content (AvgIpc) is 2.39. The Kier molecular flexibility index (Phi) is 3.78. The van der Waals surface area contributed by atoms with Gasteiger partial charge in [0.2, 0.25) is 0 Å². The van der Waals surface area contributed by atoms with Gasteiger partial charge in [0.05, 0.1) is 0 Å². The number of anilines is 1. The van der Waals surface area contributed by atoms with E-state index in [0.29, 0.717) is 17.8 Å². The Morgan fingerprint density at radius 1 is 1.53 bits per heavy atom. The van der Waals surface area contributed by atoms with Crippen molar-refractivity contribution in [3.63, 3.8) is 0 Å². The van der Waals surface area contributed by atoms with Crippen molar-refractivity contribution in [3.8, 4) is 0 Å². The third-order valence-corrected chi connectivity index (χ3v) is 3.69. The molecule has 2 heterocycles. The second kappa shape index (κ2) is 5.31. The quantitative estimate of drug-likeness (QED) is 0.806. The minimum Gasteiger partial charge on any atom is -0.352 e. The van der Waals surface area contributed by atoms with Crippen LogP contribution < -0.4 is 15.8 Å². The lowest BCUT2D eigenvalue weighted by Gasteiger charge is -2.34. The molecule has 0 bridgehead atoms. The maximum Gasteiger partial charge on any atom is 0.290 e. The minimum absolute atomic E-state index is 0.0902. The van der Waals surface area contributed by atoms with Crippen LogP contribution in [0.5, 0.6) is 0 Å². The van der Waals surface area contributed by atoms with Crippen molar-refractivity contribution in [2.75, 3.05) is 25.0 Å². The first kappa shape index (κ1) is 12.1. The smallest absolute Gasteiger partial charge is 0.290 e. The van der Waals surface area contributed by atoms with E-state index >= 15 is 0 Å². The van der Waals surface area contributed by atoms with Gasteiger partial charge in [0.25, 0.3) is 5.56 Å². The molecular formula is C12H20N4O. The molecule has 0 amide bonds. The highest BCUT2D eigenvalue weighted by Gasteiger charge is 2.24. The lowest BCUT2D eigenvalue weighted by molar-refractivity contribution is 0.322. The molecule has 1 saturated heterocycles. The predicted molar refractivity (Wildman–Crippen MR) is 68.3 cm³/mol. The van der Waals surface area contributed by atoms with E-state index in [1.54, 1.807) is 12.4 Å². The van der Waals surface area contributed by atoms with Crippen molar-refractivity contribution in [2.24, 2.45) is 5.92 Å². The molecule has 0 aliphatic carbocycles. The second-order valence-electron chi connectivity index (χ2n) is 4.64. The molecule has 0 radical (unpaired) electrons. The van der Waals surface area contributed by atoms with E-state index in [1.165, 1.54) is 0 Å². The Morgan fingerprint density at radius 3 is 2.82 bits per heavy atom. The molecular weight excluding hydrogens is 216 g/mol. The van der Waals surface area contributed by atoms with Crippen LogP contribution in [-0.4, -0.2) is 36.1 Å². The summed E-state index contributed by atoms with van der Waals surface area (Å²) in [4.78, 5) is 20.5. The topological polar surface area (TPSA) is 61.0 Å². The lowest BCUT2D eigenvalue weighted by Crippen LogP contribution is -2.42. The van der Waals surface area contributed by atoms with E-state index in [4.69, 9.17) is 0 Å². The first-order valence-electron chi connectivity index (χ1n) is 6.18. The summed E-state index contributed by atoms with van der Waals surface area (Å²) in [6.07, 6.45) is 5.43. The Balaban J connectivity index is 2.00. The van der Waals surface area contributed by atoms with Gasteiger partial charge in [-0.3, -0.25) is 4.79 Å². The molecule has 1 unspecified atom stereocenters. The number of aromatic amines is 1. The molecule has 1 aromatic heterocycles. The van der Waals surface area contributed by atoms with Gasteiger partial charge in [-0.2, -0.15) is 0 Å². The number of aromatic nitrogens is 2. The van der Waals surface area contributed by atoms with Crippen LogP contribution >= 0.6 is 0 Å². The Morgan fingerprint density at radius 2 is 2.24 bits per heavy atom. The van der Waals surface area contributed by atoms with Gasteiger partial charge in [0.1, 0.15) is 0 Å². The fraction of sp³-hybridized carbons (Fsp3) is 0.667. The monoisotopic (exact) mass is 236 g/mol. The molecule has 0 spiro atoms. The SMILES string of the molecule is CNC(C)C1CCN(c2ncc[nH]c2=O)CC1. The van der Waals surface area contributed by atoms with Crippen molar-refractivity contribution in [2.45, 2.75) is 25.8 Å². The molecule has 1 aromatic rings. The van der Waals surface area contributed by atoms with Gasteiger partial charge in [-0.05, 0) is 32.7 Å². The van der Waals surface area contributed by atoms with E-state index in [9.17, 15) is 4.79 Å². The molecule has 1 aliphatic rings. The summed E-state index contributed by atoms with van der Waals surface area (Å²) in [5, 5.41) is 3.30. The molecule has 1 atom stereocenters. The summed E-state index contributed by atoms with van der Waals surface area (Å²) in [5.41, 5.74) is -0.0902. The Hall–Kier alpha value is -1.36. The van der Waals surface area contributed by atoms with Crippen molar-refractivity contribution >= 4 is 5.82 Å². The number of hydrogen-bond acceptors (Lipinski definition) is 4. The molecule has 2 N–H and O–H groups in total. The van der Waals surface area contributed by atoms with Crippen LogP contribution in [-0.2, 0) is 0 Å². The number of rotatable bonds is 3. The van der Waals surface area contributed by atoms with Gasteiger partial charge in [-0.15, -0.1) is 0 Å². The number of H-pyrrole nitrogens is 1. The fourth-order valence-electron chi connectivity index (χ4n) is 2.42. The number of piperidine rings is 1. The maximum absolute atomic E-state index is 11.6. The summed E-state index contributed by atoms with van der Waals surface area (Å²) in [7, 11) is 2.00. The Labute approximate surface area is 101 Å². The molecule has 0 aromatic carbocycles. The maximum atomic E-state index is 11.6. The third-order valence-electron chi connectivity index (χ3n) is 3.69. The summed E-state index contributed by atoms with van der Waals surface area (Å²) in [5.74, 6) is 1.25. The normalized spacial score (nSPS) is 19.3. The summed E-state index contributed by atoms with van der Waals surface area (Å²) in [6, 6.07) is 0.541. The van der Waals surface area contributed by atoms with Crippen LogP contribution in [0.4, 0.5) is 5.82 Å². The van der Waals surface area contributed by atoms with Gasteiger partial charge < -0.3 is 15.2 Å². The van der Waals surface area contributed by atoms with E-state index in [2.05, 4.69) is 27.1 Å². The van der Waals surface area contributed by atoms with Crippen LogP contribution in [0.25, 0.3) is 0 Å². The molecule has 2 rings (SSSR count). The summed E-state index contributed by atoms with van der Waals surface area (Å²) < 4.78 is 0. The highest BCUT2D eigenvalue weighted by Crippen LogP contribution is 2.22. The molecule has 17 heavy (non-hydrogen) atoms. The Bertz CT molecular complexity index is 409. The van der Waals surface area contributed by atoms with Crippen molar-refractivity contribution in [1.82, 2.24) is 15.3 Å². The largest absolute Gasteiger partial charge is 0.352 e. The zero-order valence-corrected chi connectivity index (χ0v) is 10.4. The minimum atomic E-state index is -0.0902. The molecule has 1 aliphatic heterocycles. The van der Waals surface area contributed by atoms with Gasteiger partial charge in [-0.1, -0.05) is 0 Å².